The molecule has 0 aromatic heterocycles. The van der Waals surface area contributed by atoms with Crippen LogP contribution in [0, 0.1) is 17.8 Å². The van der Waals surface area contributed by atoms with E-state index in [4.69, 9.17) is 14.6 Å². The maximum absolute atomic E-state index is 14.2. The highest BCUT2D eigenvalue weighted by molar-refractivity contribution is 5.98. The number of carbonyl (C=O) groups excluding carboxylic acids is 3. The summed E-state index contributed by atoms with van der Waals surface area (Å²) in [4.78, 5) is 45.1. The Hall–Kier alpha value is -2.19. The number of amides is 2. The summed E-state index contributed by atoms with van der Waals surface area (Å²) in [6.07, 6.45) is 9.83. The van der Waals surface area contributed by atoms with E-state index in [0.29, 0.717) is 38.9 Å². The van der Waals surface area contributed by atoms with Crippen LogP contribution in [0.4, 0.5) is 0 Å². The Labute approximate surface area is 222 Å². The Bertz CT molecular complexity index is 861. The predicted octanol–water partition coefficient (Wildman–Crippen LogP) is 3.48. The first kappa shape index (κ1) is 29.4. The Morgan fingerprint density at radius 2 is 1.92 bits per heavy atom. The summed E-state index contributed by atoms with van der Waals surface area (Å²) < 4.78 is 12.2. The molecule has 1 N–H and O–H groups in total. The number of rotatable bonds is 16. The van der Waals surface area contributed by atoms with E-state index in [9.17, 15) is 14.4 Å². The van der Waals surface area contributed by atoms with Crippen LogP contribution in [-0.2, 0) is 23.9 Å². The Morgan fingerprint density at radius 3 is 2.57 bits per heavy atom. The SMILES string of the molecule is C=CCOC(=O)[C@@H]1[C@H]2C(=O)N(CCCCCCO)C(C(=O)N(CC=C)CCCCC)C23CC(C)[C@@]1(C)O3. The van der Waals surface area contributed by atoms with Gasteiger partial charge in [0.25, 0.3) is 0 Å². The fraction of sp³-hybridized carbons (Fsp3) is 0.759. The van der Waals surface area contributed by atoms with Crippen LogP contribution in [0.2, 0.25) is 0 Å². The van der Waals surface area contributed by atoms with Gasteiger partial charge in [-0.3, -0.25) is 14.4 Å². The van der Waals surface area contributed by atoms with E-state index in [0.717, 1.165) is 32.1 Å². The molecule has 3 saturated heterocycles. The van der Waals surface area contributed by atoms with Crippen molar-refractivity contribution in [2.24, 2.45) is 17.8 Å². The minimum atomic E-state index is -1.06. The van der Waals surface area contributed by atoms with Gasteiger partial charge in [-0.1, -0.05) is 58.3 Å². The minimum Gasteiger partial charge on any atom is -0.461 e. The molecule has 8 heteroatoms. The lowest BCUT2D eigenvalue weighted by Crippen LogP contribution is -2.56. The molecule has 3 heterocycles. The summed E-state index contributed by atoms with van der Waals surface area (Å²) in [6.45, 7) is 15.1. The molecule has 6 atom stereocenters. The summed E-state index contributed by atoms with van der Waals surface area (Å²) in [5.74, 6) is -2.32. The zero-order chi connectivity index (χ0) is 27.2. The number of carbonyl (C=O) groups is 3. The van der Waals surface area contributed by atoms with Crippen LogP contribution in [0.3, 0.4) is 0 Å². The van der Waals surface area contributed by atoms with Gasteiger partial charge in [0, 0.05) is 26.2 Å². The van der Waals surface area contributed by atoms with E-state index in [1.807, 2.05) is 13.8 Å². The van der Waals surface area contributed by atoms with Crippen molar-refractivity contribution in [3.63, 3.8) is 0 Å². The van der Waals surface area contributed by atoms with Crippen LogP contribution in [0.15, 0.2) is 25.3 Å². The number of aliphatic hydroxyl groups excluding tert-OH is 1. The molecule has 208 valence electrons. The third kappa shape index (κ3) is 5.37. The van der Waals surface area contributed by atoms with Crippen molar-refractivity contribution in [1.29, 1.82) is 0 Å². The second-order valence-corrected chi connectivity index (χ2v) is 11.1. The lowest BCUT2D eigenvalue weighted by Gasteiger charge is -2.37. The normalized spacial score (nSPS) is 31.9. The van der Waals surface area contributed by atoms with E-state index >= 15 is 0 Å². The second-order valence-electron chi connectivity index (χ2n) is 11.1. The van der Waals surface area contributed by atoms with Gasteiger partial charge in [-0.25, -0.2) is 0 Å². The van der Waals surface area contributed by atoms with Gasteiger partial charge in [0.1, 0.15) is 24.2 Å². The zero-order valence-corrected chi connectivity index (χ0v) is 23.0. The van der Waals surface area contributed by atoms with Crippen molar-refractivity contribution in [2.45, 2.75) is 89.4 Å². The van der Waals surface area contributed by atoms with Gasteiger partial charge < -0.3 is 24.4 Å². The van der Waals surface area contributed by atoms with Gasteiger partial charge in [0.05, 0.1) is 11.5 Å². The molecule has 3 aliphatic heterocycles. The number of likely N-dealkylation sites (tertiary alicyclic amines) is 1. The molecule has 3 aliphatic rings. The number of esters is 1. The molecule has 1 spiro atoms. The van der Waals surface area contributed by atoms with Gasteiger partial charge in [0.2, 0.25) is 11.8 Å². The molecule has 8 nitrogen and oxygen atoms in total. The molecule has 3 fully saturated rings. The molecule has 0 aromatic rings. The molecule has 2 bridgehead atoms. The first-order chi connectivity index (χ1) is 17.7. The van der Waals surface area contributed by atoms with Crippen LogP contribution >= 0.6 is 0 Å². The molecule has 0 aromatic carbocycles. The minimum absolute atomic E-state index is 0.0226. The number of nitrogens with zero attached hydrogens (tertiary/aromatic N) is 2. The highest BCUT2D eigenvalue weighted by atomic mass is 16.6. The zero-order valence-electron chi connectivity index (χ0n) is 23.0. The molecular weight excluding hydrogens is 472 g/mol. The van der Waals surface area contributed by atoms with Gasteiger partial charge in [0.15, 0.2) is 0 Å². The third-order valence-corrected chi connectivity index (χ3v) is 8.65. The summed E-state index contributed by atoms with van der Waals surface area (Å²) in [6, 6.07) is -0.786. The van der Waals surface area contributed by atoms with Crippen molar-refractivity contribution < 1.29 is 29.0 Å². The number of hydrogen-bond acceptors (Lipinski definition) is 6. The van der Waals surface area contributed by atoms with E-state index < -0.39 is 35.0 Å². The first-order valence-electron chi connectivity index (χ1n) is 14.0. The molecule has 3 rings (SSSR count). The smallest absolute Gasteiger partial charge is 0.313 e. The molecule has 3 unspecified atom stereocenters. The van der Waals surface area contributed by atoms with Crippen LogP contribution < -0.4 is 0 Å². The van der Waals surface area contributed by atoms with Gasteiger partial charge in [-0.05, 0) is 38.5 Å². The van der Waals surface area contributed by atoms with E-state index in [1.165, 1.54) is 6.08 Å². The van der Waals surface area contributed by atoms with Crippen molar-refractivity contribution in [2.75, 3.05) is 32.8 Å². The highest BCUT2D eigenvalue weighted by Gasteiger charge is 2.80. The molecule has 0 radical (unpaired) electrons. The summed E-state index contributed by atoms with van der Waals surface area (Å²) in [5.41, 5.74) is -1.94. The van der Waals surface area contributed by atoms with E-state index in [1.54, 1.807) is 15.9 Å². The lowest BCUT2D eigenvalue weighted by atomic mass is 9.62. The number of aliphatic hydroxyl groups is 1. The average Bonchev–Trinajstić information content (AvgIpc) is 3.38. The van der Waals surface area contributed by atoms with Crippen molar-refractivity contribution in [3.8, 4) is 0 Å². The fourth-order valence-corrected chi connectivity index (χ4v) is 6.77. The average molecular weight is 519 g/mol. The third-order valence-electron chi connectivity index (χ3n) is 8.65. The fourth-order valence-electron chi connectivity index (χ4n) is 6.77. The molecule has 0 saturated carbocycles. The van der Waals surface area contributed by atoms with Gasteiger partial charge >= 0.3 is 5.97 Å². The number of unbranched alkanes of at least 4 members (excludes halogenated alkanes) is 5. The van der Waals surface area contributed by atoms with Gasteiger partial charge in [-0.2, -0.15) is 0 Å². The Morgan fingerprint density at radius 1 is 1.19 bits per heavy atom. The molecule has 2 amide bonds. The summed E-state index contributed by atoms with van der Waals surface area (Å²) in [7, 11) is 0. The van der Waals surface area contributed by atoms with Crippen LogP contribution in [-0.4, -0.2) is 82.8 Å². The van der Waals surface area contributed by atoms with Crippen LogP contribution in [0.5, 0.6) is 0 Å². The largest absolute Gasteiger partial charge is 0.461 e. The standard InChI is InChI=1S/C29H46N2O6/c1-6-9-12-16-30(15-7-2)26(34)24-29-20-21(4)28(5,37-29)23(27(35)36-19-8-3)22(29)25(33)31(24)17-13-10-11-14-18-32/h7-8,21-24,32H,2-3,6,9-20H2,1,4-5H3/t21?,22-,23-,24?,28+,29?/m0/s1. The summed E-state index contributed by atoms with van der Waals surface area (Å²) in [5, 5.41) is 9.12. The highest BCUT2D eigenvalue weighted by Crippen LogP contribution is 2.65. The summed E-state index contributed by atoms with van der Waals surface area (Å²) >= 11 is 0. The molecule has 37 heavy (non-hydrogen) atoms. The molecule has 0 aliphatic carbocycles. The first-order valence-corrected chi connectivity index (χ1v) is 14.0. The molecular formula is C29H46N2O6. The maximum Gasteiger partial charge on any atom is 0.313 e. The monoisotopic (exact) mass is 518 g/mol. The van der Waals surface area contributed by atoms with E-state index in [2.05, 4.69) is 20.1 Å². The predicted molar refractivity (Wildman–Crippen MR) is 141 cm³/mol. The number of ether oxygens (including phenoxy) is 2. The van der Waals surface area contributed by atoms with Crippen molar-refractivity contribution in [3.05, 3.63) is 25.3 Å². The quantitative estimate of drug-likeness (QED) is 0.191. The maximum atomic E-state index is 14.2. The van der Waals surface area contributed by atoms with Crippen LogP contribution in [0.25, 0.3) is 0 Å². The van der Waals surface area contributed by atoms with Crippen LogP contribution in [0.1, 0.15) is 72.1 Å². The van der Waals surface area contributed by atoms with Crippen molar-refractivity contribution >= 4 is 17.8 Å². The Balaban J connectivity index is 1.98. The lowest BCUT2D eigenvalue weighted by molar-refractivity contribution is -0.161. The van der Waals surface area contributed by atoms with E-state index in [-0.39, 0.29) is 30.9 Å². The van der Waals surface area contributed by atoms with Gasteiger partial charge in [-0.15, -0.1) is 6.58 Å². The Kier molecular flexibility index (Phi) is 9.98. The topological polar surface area (TPSA) is 96.4 Å². The number of hydrogen-bond donors (Lipinski definition) is 1. The second kappa shape index (κ2) is 12.6. The number of fused-ring (bicyclic) bond motifs is 1. The van der Waals surface area contributed by atoms with Crippen molar-refractivity contribution in [1.82, 2.24) is 9.80 Å².